The van der Waals surface area contributed by atoms with Crippen LogP contribution in [0.4, 0.5) is 5.82 Å². The van der Waals surface area contributed by atoms with Crippen LogP contribution < -0.4 is 5.73 Å². The van der Waals surface area contributed by atoms with Crippen LogP contribution >= 0.6 is 23.2 Å². The van der Waals surface area contributed by atoms with E-state index in [1.54, 1.807) is 6.07 Å². The smallest absolute Gasteiger partial charge is 0.178 e. The summed E-state index contributed by atoms with van der Waals surface area (Å²) in [4.78, 5) is 0. The molecule has 1 heterocycles. The SMILES string of the molecule is Cc1ccc(-c2onc(N)c2-c2ccccc2Cl)c(Cl)c1. The number of aryl methyl sites for hydroxylation is 1. The highest BCUT2D eigenvalue weighted by Gasteiger charge is 2.21. The largest absolute Gasteiger partial charge is 0.380 e. The standard InChI is InChI=1S/C16H12Cl2N2O/c1-9-6-7-11(13(18)8-9)15-14(16(19)20-21-15)10-4-2-3-5-12(10)17/h2-8H,1H3,(H2,19,20). The van der Waals surface area contributed by atoms with Crippen LogP contribution in [0, 0.1) is 6.92 Å². The predicted octanol–water partition coefficient (Wildman–Crippen LogP) is 5.21. The summed E-state index contributed by atoms with van der Waals surface area (Å²) >= 11 is 12.6. The van der Waals surface area contributed by atoms with E-state index in [0.717, 1.165) is 16.7 Å². The summed E-state index contributed by atoms with van der Waals surface area (Å²) in [5.74, 6) is 0.806. The summed E-state index contributed by atoms with van der Waals surface area (Å²) in [7, 11) is 0. The summed E-state index contributed by atoms with van der Waals surface area (Å²) in [6, 6.07) is 13.1. The first-order chi connectivity index (χ1) is 10.1. The maximum Gasteiger partial charge on any atom is 0.178 e. The lowest BCUT2D eigenvalue weighted by molar-refractivity contribution is 0.436. The Morgan fingerprint density at radius 1 is 1.00 bits per heavy atom. The van der Waals surface area contributed by atoms with Gasteiger partial charge in [-0.1, -0.05) is 52.6 Å². The van der Waals surface area contributed by atoms with Crippen molar-refractivity contribution in [3.8, 4) is 22.5 Å². The van der Waals surface area contributed by atoms with Gasteiger partial charge in [-0.05, 0) is 30.7 Å². The van der Waals surface area contributed by atoms with Gasteiger partial charge >= 0.3 is 0 Å². The molecule has 0 saturated carbocycles. The van der Waals surface area contributed by atoms with Crippen LogP contribution in [0.1, 0.15) is 5.56 Å². The monoisotopic (exact) mass is 318 g/mol. The first kappa shape index (κ1) is 14.0. The number of nitrogens with zero attached hydrogens (tertiary/aromatic N) is 1. The van der Waals surface area contributed by atoms with Gasteiger partial charge in [-0.2, -0.15) is 0 Å². The second-order valence-electron chi connectivity index (χ2n) is 4.74. The van der Waals surface area contributed by atoms with Crippen LogP contribution in [0.15, 0.2) is 47.0 Å². The Kier molecular flexibility index (Phi) is 3.62. The highest BCUT2D eigenvalue weighted by atomic mass is 35.5. The molecule has 0 aliphatic carbocycles. The molecule has 0 saturated heterocycles. The Labute approximate surface area is 132 Å². The number of halogens is 2. The van der Waals surface area contributed by atoms with Crippen LogP contribution in [-0.2, 0) is 0 Å². The molecule has 0 radical (unpaired) electrons. The Morgan fingerprint density at radius 3 is 2.48 bits per heavy atom. The molecule has 106 valence electrons. The van der Waals surface area contributed by atoms with Gasteiger partial charge in [0.25, 0.3) is 0 Å². The van der Waals surface area contributed by atoms with Crippen LogP contribution in [-0.4, -0.2) is 5.16 Å². The Morgan fingerprint density at radius 2 is 1.76 bits per heavy atom. The molecule has 0 spiro atoms. The minimum atomic E-state index is 0.287. The van der Waals surface area contributed by atoms with E-state index in [0.29, 0.717) is 21.4 Å². The quantitative estimate of drug-likeness (QED) is 0.706. The van der Waals surface area contributed by atoms with Crippen LogP contribution in [0.25, 0.3) is 22.5 Å². The number of rotatable bonds is 2. The molecule has 21 heavy (non-hydrogen) atoms. The van der Waals surface area contributed by atoms with Gasteiger partial charge in [0.1, 0.15) is 0 Å². The van der Waals surface area contributed by atoms with Gasteiger partial charge in [0.05, 0.1) is 10.6 Å². The zero-order chi connectivity index (χ0) is 15.0. The van der Waals surface area contributed by atoms with E-state index in [-0.39, 0.29) is 5.82 Å². The van der Waals surface area contributed by atoms with Crippen molar-refractivity contribution in [1.82, 2.24) is 5.16 Å². The molecule has 0 aliphatic rings. The van der Waals surface area contributed by atoms with Crippen molar-refractivity contribution in [3.63, 3.8) is 0 Å². The second kappa shape index (κ2) is 5.43. The second-order valence-corrected chi connectivity index (χ2v) is 5.55. The van der Waals surface area contributed by atoms with E-state index >= 15 is 0 Å². The summed E-state index contributed by atoms with van der Waals surface area (Å²) in [6.07, 6.45) is 0. The number of benzene rings is 2. The Bertz CT molecular complexity index is 812. The lowest BCUT2D eigenvalue weighted by Gasteiger charge is -2.07. The Balaban J connectivity index is 2.25. The van der Waals surface area contributed by atoms with Gasteiger partial charge in [-0.25, -0.2) is 0 Å². The van der Waals surface area contributed by atoms with Gasteiger partial charge in [0.15, 0.2) is 11.6 Å². The third-order valence-electron chi connectivity index (χ3n) is 3.23. The normalized spacial score (nSPS) is 10.8. The Hall–Kier alpha value is -1.97. The molecule has 2 aromatic carbocycles. The molecule has 0 aliphatic heterocycles. The molecule has 0 fully saturated rings. The van der Waals surface area contributed by atoms with Crippen molar-refractivity contribution in [1.29, 1.82) is 0 Å². The fourth-order valence-corrected chi connectivity index (χ4v) is 2.77. The summed E-state index contributed by atoms with van der Waals surface area (Å²) < 4.78 is 5.39. The van der Waals surface area contributed by atoms with Crippen LogP contribution in [0.2, 0.25) is 10.0 Å². The summed E-state index contributed by atoms with van der Waals surface area (Å²) in [5, 5.41) is 5.02. The zero-order valence-corrected chi connectivity index (χ0v) is 12.7. The minimum absolute atomic E-state index is 0.287. The molecule has 0 atom stereocenters. The molecule has 1 aromatic heterocycles. The van der Waals surface area contributed by atoms with Gasteiger partial charge in [-0.3, -0.25) is 0 Å². The molecular weight excluding hydrogens is 307 g/mol. The van der Waals surface area contributed by atoms with Gasteiger partial charge in [0.2, 0.25) is 0 Å². The van der Waals surface area contributed by atoms with Crippen molar-refractivity contribution in [2.24, 2.45) is 0 Å². The predicted molar refractivity (Wildman–Crippen MR) is 86.5 cm³/mol. The average Bonchev–Trinajstić information content (AvgIpc) is 2.81. The molecule has 3 aromatic rings. The molecular formula is C16H12Cl2N2O. The van der Waals surface area contributed by atoms with E-state index in [1.165, 1.54) is 0 Å². The lowest BCUT2D eigenvalue weighted by atomic mass is 10.0. The number of anilines is 1. The molecule has 0 amide bonds. The fraction of sp³-hybridized carbons (Fsp3) is 0.0625. The molecule has 5 heteroatoms. The number of hydrogen-bond donors (Lipinski definition) is 1. The van der Waals surface area contributed by atoms with Crippen LogP contribution in [0.5, 0.6) is 0 Å². The van der Waals surface area contributed by atoms with E-state index in [9.17, 15) is 0 Å². The third-order valence-corrected chi connectivity index (χ3v) is 3.87. The molecule has 2 N–H and O–H groups in total. The van der Waals surface area contributed by atoms with Gasteiger partial charge in [-0.15, -0.1) is 0 Å². The lowest BCUT2D eigenvalue weighted by Crippen LogP contribution is -1.90. The van der Waals surface area contributed by atoms with Crippen LogP contribution in [0.3, 0.4) is 0 Å². The zero-order valence-electron chi connectivity index (χ0n) is 11.2. The highest BCUT2D eigenvalue weighted by molar-refractivity contribution is 6.34. The first-order valence-electron chi connectivity index (χ1n) is 6.34. The molecule has 0 unspecified atom stereocenters. The minimum Gasteiger partial charge on any atom is -0.380 e. The fourth-order valence-electron chi connectivity index (χ4n) is 2.21. The third kappa shape index (κ3) is 2.50. The number of nitrogens with two attached hydrogens (primary N) is 1. The number of nitrogen functional groups attached to an aromatic ring is 1. The molecule has 3 rings (SSSR count). The van der Waals surface area contributed by atoms with Crippen molar-refractivity contribution < 1.29 is 4.52 Å². The van der Waals surface area contributed by atoms with Crippen molar-refractivity contribution in [2.45, 2.75) is 6.92 Å². The maximum atomic E-state index is 6.31. The van der Waals surface area contributed by atoms with Crippen molar-refractivity contribution >= 4 is 29.0 Å². The van der Waals surface area contributed by atoms with E-state index < -0.39 is 0 Å². The topological polar surface area (TPSA) is 52.0 Å². The summed E-state index contributed by atoms with van der Waals surface area (Å²) in [6.45, 7) is 1.97. The maximum absolute atomic E-state index is 6.31. The van der Waals surface area contributed by atoms with E-state index in [2.05, 4.69) is 5.16 Å². The average molecular weight is 319 g/mol. The summed E-state index contributed by atoms with van der Waals surface area (Å²) in [5.41, 5.74) is 9.18. The van der Waals surface area contributed by atoms with E-state index in [4.69, 9.17) is 33.5 Å². The van der Waals surface area contributed by atoms with Crippen molar-refractivity contribution in [3.05, 3.63) is 58.1 Å². The van der Waals surface area contributed by atoms with Crippen molar-refractivity contribution in [2.75, 3.05) is 5.73 Å². The molecule has 3 nitrogen and oxygen atoms in total. The van der Waals surface area contributed by atoms with E-state index in [1.807, 2.05) is 43.3 Å². The van der Waals surface area contributed by atoms with Gasteiger partial charge < -0.3 is 10.3 Å². The highest BCUT2D eigenvalue weighted by Crippen LogP contribution is 2.41. The first-order valence-corrected chi connectivity index (χ1v) is 7.10. The molecule has 0 bridgehead atoms. The number of aromatic nitrogens is 1. The number of hydrogen-bond acceptors (Lipinski definition) is 3. The van der Waals surface area contributed by atoms with Gasteiger partial charge in [0, 0.05) is 16.1 Å².